The SMILES string of the molecule is COc1cc2c(cc1OC)[C@@H](C)N(C(=O)c1ccccc1C(=O)[O-])CC2. The topological polar surface area (TPSA) is 78.9 Å². The monoisotopic (exact) mass is 354 g/mol. The average molecular weight is 354 g/mol. The lowest BCUT2D eigenvalue weighted by molar-refractivity contribution is -0.255. The van der Waals surface area contributed by atoms with Gasteiger partial charge in [0.1, 0.15) is 0 Å². The number of nitrogens with zero attached hydrogens (tertiary/aromatic N) is 1. The van der Waals surface area contributed by atoms with E-state index in [1.807, 2.05) is 19.1 Å². The number of hydrogen-bond donors (Lipinski definition) is 0. The molecule has 0 fully saturated rings. The van der Waals surface area contributed by atoms with Crippen LogP contribution in [-0.2, 0) is 6.42 Å². The van der Waals surface area contributed by atoms with Gasteiger partial charge in [-0.1, -0.05) is 18.2 Å². The normalized spacial score (nSPS) is 16.0. The predicted octanol–water partition coefficient (Wildman–Crippen LogP) is 1.83. The number of rotatable bonds is 4. The van der Waals surface area contributed by atoms with Crippen molar-refractivity contribution in [3.8, 4) is 11.5 Å². The number of carbonyl (C=O) groups is 2. The van der Waals surface area contributed by atoms with Crippen LogP contribution in [0.15, 0.2) is 36.4 Å². The molecule has 0 bridgehead atoms. The maximum atomic E-state index is 13.0. The van der Waals surface area contributed by atoms with E-state index in [1.165, 1.54) is 12.1 Å². The van der Waals surface area contributed by atoms with Crippen molar-refractivity contribution in [3.05, 3.63) is 58.7 Å². The Morgan fingerprint density at radius 3 is 2.31 bits per heavy atom. The number of aromatic carboxylic acids is 1. The zero-order valence-corrected chi connectivity index (χ0v) is 14.9. The number of benzene rings is 2. The lowest BCUT2D eigenvalue weighted by atomic mass is 9.92. The summed E-state index contributed by atoms with van der Waals surface area (Å²) in [6.07, 6.45) is 0.652. The summed E-state index contributed by atoms with van der Waals surface area (Å²) < 4.78 is 10.7. The number of carboxylic acid groups (broad SMARTS) is 1. The Balaban J connectivity index is 1.98. The lowest BCUT2D eigenvalue weighted by Gasteiger charge is -2.36. The van der Waals surface area contributed by atoms with Crippen LogP contribution in [0.5, 0.6) is 11.5 Å². The molecule has 1 heterocycles. The Labute approximate surface area is 152 Å². The van der Waals surface area contributed by atoms with Crippen molar-refractivity contribution in [1.82, 2.24) is 4.90 Å². The zero-order valence-electron chi connectivity index (χ0n) is 14.9. The van der Waals surface area contributed by atoms with E-state index in [2.05, 4.69) is 0 Å². The van der Waals surface area contributed by atoms with E-state index in [0.717, 1.165) is 11.1 Å². The van der Waals surface area contributed by atoms with Crippen molar-refractivity contribution < 1.29 is 24.2 Å². The first-order valence-electron chi connectivity index (χ1n) is 8.34. The molecule has 1 amide bonds. The number of fused-ring (bicyclic) bond motifs is 1. The number of carbonyl (C=O) groups excluding carboxylic acids is 2. The Hall–Kier alpha value is -3.02. The number of amides is 1. The first-order chi connectivity index (χ1) is 12.5. The summed E-state index contributed by atoms with van der Waals surface area (Å²) in [5.41, 5.74) is 2.10. The van der Waals surface area contributed by atoms with E-state index >= 15 is 0 Å². The van der Waals surface area contributed by atoms with Crippen LogP contribution in [0.25, 0.3) is 0 Å². The van der Waals surface area contributed by atoms with E-state index in [0.29, 0.717) is 24.5 Å². The molecular formula is C20H20NO5-. The highest BCUT2D eigenvalue weighted by molar-refractivity contribution is 6.04. The van der Waals surface area contributed by atoms with Gasteiger partial charge in [-0.15, -0.1) is 0 Å². The maximum absolute atomic E-state index is 13.0. The summed E-state index contributed by atoms with van der Waals surface area (Å²) in [5, 5.41) is 11.3. The quantitative estimate of drug-likeness (QED) is 0.837. The van der Waals surface area contributed by atoms with Crippen LogP contribution in [-0.4, -0.2) is 37.5 Å². The molecule has 0 saturated carbocycles. The van der Waals surface area contributed by atoms with Gasteiger partial charge in [0.05, 0.1) is 26.2 Å². The molecule has 6 heteroatoms. The van der Waals surface area contributed by atoms with Crippen LogP contribution in [0.4, 0.5) is 0 Å². The third-order valence-corrected chi connectivity index (χ3v) is 4.82. The van der Waals surface area contributed by atoms with E-state index in [1.54, 1.807) is 31.3 Å². The van der Waals surface area contributed by atoms with Crippen molar-refractivity contribution in [2.24, 2.45) is 0 Å². The molecule has 1 aliphatic rings. The summed E-state index contributed by atoms with van der Waals surface area (Å²) in [6, 6.07) is 9.72. The summed E-state index contributed by atoms with van der Waals surface area (Å²) in [4.78, 5) is 26.0. The fourth-order valence-corrected chi connectivity index (χ4v) is 3.42. The fraction of sp³-hybridized carbons (Fsp3) is 0.300. The molecule has 0 radical (unpaired) electrons. The number of carboxylic acids is 1. The maximum Gasteiger partial charge on any atom is 0.255 e. The summed E-state index contributed by atoms with van der Waals surface area (Å²) in [6.45, 7) is 2.41. The Morgan fingerprint density at radius 1 is 1.08 bits per heavy atom. The van der Waals surface area contributed by atoms with E-state index < -0.39 is 5.97 Å². The largest absolute Gasteiger partial charge is 0.545 e. The van der Waals surface area contributed by atoms with Crippen molar-refractivity contribution in [2.75, 3.05) is 20.8 Å². The molecule has 1 atom stereocenters. The van der Waals surface area contributed by atoms with Crippen molar-refractivity contribution >= 4 is 11.9 Å². The minimum Gasteiger partial charge on any atom is -0.545 e. The van der Waals surface area contributed by atoms with Gasteiger partial charge in [0, 0.05) is 17.7 Å². The first-order valence-corrected chi connectivity index (χ1v) is 8.34. The van der Waals surface area contributed by atoms with Gasteiger partial charge in [-0.25, -0.2) is 0 Å². The van der Waals surface area contributed by atoms with Crippen molar-refractivity contribution in [1.29, 1.82) is 0 Å². The smallest absolute Gasteiger partial charge is 0.255 e. The summed E-state index contributed by atoms with van der Waals surface area (Å²) >= 11 is 0. The Kier molecular flexibility index (Phi) is 4.84. The molecule has 0 aromatic heterocycles. The Bertz CT molecular complexity index is 861. The van der Waals surface area contributed by atoms with Crippen LogP contribution in [0, 0.1) is 0 Å². The van der Waals surface area contributed by atoms with Gasteiger partial charge in [-0.3, -0.25) is 4.79 Å². The lowest BCUT2D eigenvalue weighted by Crippen LogP contribution is -2.40. The molecule has 0 unspecified atom stereocenters. The van der Waals surface area contributed by atoms with Crippen LogP contribution in [0.2, 0.25) is 0 Å². The third kappa shape index (κ3) is 2.98. The molecular weight excluding hydrogens is 334 g/mol. The van der Waals surface area contributed by atoms with Gasteiger partial charge < -0.3 is 24.3 Å². The summed E-state index contributed by atoms with van der Waals surface area (Å²) in [7, 11) is 3.15. The Morgan fingerprint density at radius 2 is 1.69 bits per heavy atom. The minimum atomic E-state index is -1.36. The first kappa shape index (κ1) is 17.8. The highest BCUT2D eigenvalue weighted by Gasteiger charge is 2.30. The minimum absolute atomic E-state index is 0.0946. The molecule has 2 aromatic rings. The van der Waals surface area contributed by atoms with Crippen LogP contribution in [0.1, 0.15) is 44.8 Å². The van der Waals surface area contributed by atoms with Gasteiger partial charge in [0.25, 0.3) is 5.91 Å². The highest BCUT2D eigenvalue weighted by atomic mass is 16.5. The molecule has 0 aliphatic carbocycles. The van der Waals surface area contributed by atoms with E-state index in [9.17, 15) is 14.7 Å². The number of ether oxygens (including phenoxy) is 2. The molecule has 0 spiro atoms. The third-order valence-electron chi connectivity index (χ3n) is 4.82. The molecule has 0 N–H and O–H groups in total. The highest BCUT2D eigenvalue weighted by Crippen LogP contribution is 2.38. The van der Waals surface area contributed by atoms with E-state index in [-0.39, 0.29) is 23.1 Å². The molecule has 6 nitrogen and oxygen atoms in total. The molecule has 3 rings (SSSR count). The number of methoxy groups -OCH3 is 2. The molecule has 2 aromatic carbocycles. The predicted molar refractivity (Wildman–Crippen MR) is 93.5 cm³/mol. The molecule has 136 valence electrons. The zero-order chi connectivity index (χ0) is 18.8. The molecule has 0 saturated heterocycles. The van der Waals surface area contributed by atoms with Gasteiger partial charge in [-0.2, -0.15) is 0 Å². The van der Waals surface area contributed by atoms with Gasteiger partial charge in [0.15, 0.2) is 11.5 Å². The van der Waals surface area contributed by atoms with Gasteiger partial charge in [-0.05, 0) is 42.7 Å². The average Bonchev–Trinajstić information content (AvgIpc) is 2.66. The van der Waals surface area contributed by atoms with Crippen LogP contribution >= 0.6 is 0 Å². The summed E-state index contributed by atoms with van der Waals surface area (Å²) in [5.74, 6) is -0.425. The second-order valence-corrected chi connectivity index (χ2v) is 6.16. The standard InChI is InChI=1S/C20H21NO5/c1-12-16-11-18(26-3)17(25-2)10-13(16)8-9-21(12)19(22)14-6-4-5-7-15(14)20(23)24/h4-7,10-12H,8-9H2,1-3H3,(H,23,24)/p-1/t12-/m1/s1. The van der Waals surface area contributed by atoms with Crippen molar-refractivity contribution in [2.45, 2.75) is 19.4 Å². The van der Waals surface area contributed by atoms with Gasteiger partial charge >= 0.3 is 0 Å². The molecule has 26 heavy (non-hydrogen) atoms. The second-order valence-electron chi connectivity index (χ2n) is 6.16. The van der Waals surface area contributed by atoms with E-state index in [4.69, 9.17) is 9.47 Å². The van der Waals surface area contributed by atoms with Crippen LogP contribution < -0.4 is 14.6 Å². The number of hydrogen-bond acceptors (Lipinski definition) is 5. The van der Waals surface area contributed by atoms with Gasteiger partial charge in [0.2, 0.25) is 0 Å². The fourth-order valence-electron chi connectivity index (χ4n) is 3.42. The molecule has 1 aliphatic heterocycles. The van der Waals surface area contributed by atoms with Crippen LogP contribution in [0.3, 0.4) is 0 Å². The second kappa shape index (κ2) is 7.07. The van der Waals surface area contributed by atoms with Crippen molar-refractivity contribution in [3.63, 3.8) is 0 Å².